The summed E-state index contributed by atoms with van der Waals surface area (Å²) in [5, 5.41) is 25.9. The molecule has 6 nitrogen and oxygen atoms in total. The summed E-state index contributed by atoms with van der Waals surface area (Å²) in [7, 11) is 0. The predicted octanol–water partition coefficient (Wildman–Crippen LogP) is 0.765. The molecule has 1 aromatic rings. The first-order valence-corrected chi connectivity index (χ1v) is 5.85. The second-order valence-electron chi connectivity index (χ2n) is 4.06. The molecular formula is C11H19N3O3. The van der Waals surface area contributed by atoms with Gasteiger partial charge in [-0.2, -0.15) is 0 Å². The van der Waals surface area contributed by atoms with E-state index >= 15 is 0 Å². The lowest BCUT2D eigenvalue weighted by Gasteiger charge is -2.10. The second kappa shape index (κ2) is 6.34. The Balaban J connectivity index is 2.62. The molecule has 1 aromatic heterocycles. The normalized spacial score (nSPS) is 12.6. The summed E-state index contributed by atoms with van der Waals surface area (Å²) in [5.74, 6) is 0.432. The summed E-state index contributed by atoms with van der Waals surface area (Å²) in [6.45, 7) is 4.36. The van der Waals surface area contributed by atoms with E-state index in [2.05, 4.69) is 17.1 Å². The van der Waals surface area contributed by atoms with Crippen LogP contribution in [0.2, 0.25) is 0 Å². The molecule has 0 aliphatic heterocycles. The van der Waals surface area contributed by atoms with Crippen LogP contribution in [-0.4, -0.2) is 37.1 Å². The molecule has 2 N–H and O–H groups in total. The van der Waals surface area contributed by atoms with Crippen LogP contribution >= 0.6 is 0 Å². The minimum absolute atomic E-state index is 0.174. The zero-order valence-electron chi connectivity index (χ0n) is 10.3. The van der Waals surface area contributed by atoms with E-state index in [0.717, 1.165) is 30.9 Å². The maximum Gasteiger partial charge on any atom is 0.332 e. The molecule has 0 fully saturated rings. The average molecular weight is 241 g/mol. The molecule has 1 atom stereocenters. The van der Waals surface area contributed by atoms with Crippen molar-refractivity contribution >= 4 is 5.97 Å². The van der Waals surface area contributed by atoms with Crippen LogP contribution in [0.15, 0.2) is 0 Å². The number of aliphatic carboxylic acids is 1. The number of aliphatic hydroxyl groups is 1. The molecule has 0 saturated heterocycles. The van der Waals surface area contributed by atoms with Gasteiger partial charge in [-0.05, 0) is 13.3 Å². The summed E-state index contributed by atoms with van der Waals surface area (Å²) in [5.41, 5.74) is 0. The van der Waals surface area contributed by atoms with Gasteiger partial charge in [0.1, 0.15) is 11.6 Å². The molecule has 0 radical (unpaired) electrons. The first-order valence-electron chi connectivity index (χ1n) is 5.85. The first-order chi connectivity index (χ1) is 8.06. The molecule has 1 rings (SSSR count). The second-order valence-corrected chi connectivity index (χ2v) is 4.06. The summed E-state index contributed by atoms with van der Waals surface area (Å²) in [4.78, 5) is 10.5. The Labute approximate surface area is 100 Å². The Morgan fingerprint density at radius 2 is 2.18 bits per heavy atom. The number of rotatable bonds is 7. The van der Waals surface area contributed by atoms with Gasteiger partial charge in [-0.1, -0.05) is 13.3 Å². The van der Waals surface area contributed by atoms with Crippen molar-refractivity contribution < 1.29 is 15.0 Å². The van der Waals surface area contributed by atoms with Crippen molar-refractivity contribution in [3.63, 3.8) is 0 Å². The highest BCUT2D eigenvalue weighted by Crippen LogP contribution is 2.08. The van der Waals surface area contributed by atoms with E-state index in [1.165, 1.54) is 0 Å². The van der Waals surface area contributed by atoms with Crippen molar-refractivity contribution in [1.82, 2.24) is 14.8 Å². The van der Waals surface area contributed by atoms with Gasteiger partial charge in [0.05, 0.1) is 0 Å². The molecule has 0 spiro atoms. The predicted molar refractivity (Wildman–Crippen MR) is 61.6 cm³/mol. The zero-order chi connectivity index (χ0) is 12.8. The maximum atomic E-state index is 10.5. The molecule has 1 unspecified atom stereocenters. The molecule has 6 heteroatoms. The number of unbranched alkanes of at least 4 members (excludes halogenated alkanes) is 1. The van der Waals surface area contributed by atoms with Crippen molar-refractivity contribution in [1.29, 1.82) is 0 Å². The van der Waals surface area contributed by atoms with E-state index in [-0.39, 0.29) is 6.42 Å². The Kier molecular flexibility index (Phi) is 5.09. The van der Waals surface area contributed by atoms with Gasteiger partial charge in [-0.15, -0.1) is 10.2 Å². The lowest BCUT2D eigenvalue weighted by Crippen LogP contribution is -2.22. The van der Waals surface area contributed by atoms with Crippen molar-refractivity contribution in [3.05, 3.63) is 11.6 Å². The van der Waals surface area contributed by atoms with Crippen molar-refractivity contribution in [2.75, 3.05) is 0 Å². The molecule has 0 aliphatic rings. The number of hydrogen-bond donors (Lipinski definition) is 2. The van der Waals surface area contributed by atoms with E-state index in [0.29, 0.717) is 6.54 Å². The molecule has 96 valence electrons. The molecule has 0 bridgehead atoms. The van der Waals surface area contributed by atoms with Gasteiger partial charge in [-0.25, -0.2) is 4.79 Å². The minimum atomic E-state index is -1.32. The van der Waals surface area contributed by atoms with Crippen molar-refractivity contribution in [3.8, 4) is 0 Å². The van der Waals surface area contributed by atoms with E-state index in [1.807, 2.05) is 11.5 Å². The van der Waals surface area contributed by atoms with Crippen LogP contribution in [0.25, 0.3) is 0 Å². The van der Waals surface area contributed by atoms with E-state index < -0.39 is 12.1 Å². The molecule has 0 saturated carbocycles. The summed E-state index contributed by atoms with van der Waals surface area (Å²) >= 11 is 0. The number of aryl methyl sites for hydroxylation is 2. The van der Waals surface area contributed by atoms with Crippen molar-refractivity contribution in [2.24, 2.45) is 0 Å². The largest absolute Gasteiger partial charge is 0.479 e. The number of hydrogen-bond acceptors (Lipinski definition) is 4. The fraction of sp³-hybridized carbons (Fsp3) is 0.727. The number of carbonyl (C=O) groups is 1. The monoisotopic (exact) mass is 241 g/mol. The van der Waals surface area contributed by atoms with E-state index in [1.54, 1.807) is 0 Å². The van der Waals surface area contributed by atoms with E-state index in [9.17, 15) is 9.90 Å². The Morgan fingerprint density at radius 3 is 2.76 bits per heavy atom. The number of carboxylic acid groups (broad SMARTS) is 1. The highest BCUT2D eigenvalue weighted by Gasteiger charge is 2.15. The number of aromatic nitrogens is 3. The molecule has 0 aliphatic carbocycles. The minimum Gasteiger partial charge on any atom is -0.479 e. The molecule has 1 heterocycles. The third-order valence-corrected chi connectivity index (χ3v) is 2.68. The summed E-state index contributed by atoms with van der Waals surface area (Å²) in [6, 6.07) is 0. The smallest absolute Gasteiger partial charge is 0.332 e. The Bertz CT molecular complexity index is 376. The number of aliphatic hydroxyl groups excluding tert-OH is 1. The lowest BCUT2D eigenvalue weighted by atomic mass is 10.2. The van der Waals surface area contributed by atoms with Gasteiger partial charge in [0.2, 0.25) is 0 Å². The van der Waals surface area contributed by atoms with Crippen LogP contribution in [0, 0.1) is 6.92 Å². The van der Waals surface area contributed by atoms with Gasteiger partial charge in [0.25, 0.3) is 0 Å². The Morgan fingerprint density at radius 1 is 1.47 bits per heavy atom. The fourth-order valence-electron chi connectivity index (χ4n) is 1.61. The van der Waals surface area contributed by atoms with Gasteiger partial charge in [0.15, 0.2) is 6.10 Å². The molecular weight excluding hydrogens is 222 g/mol. The summed E-state index contributed by atoms with van der Waals surface area (Å²) in [6.07, 6.45) is 1.78. The fourth-order valence-corrected chi connectivity index (χ4v) is 1.61. The van der Waals surface area contributed by atoms with E-state index in [4.69, 9.17) is 5.11 Å². The van der Waals surface area contributed by atoms with Gasteiger partial charge >= 0.3 is 5.97 Å². The first kappa shape index (κ1) is 13.6. The van der Waals surface area contributed by atoms with Gasteiger partial charge in [0, 0.05) is 19.4 Å². The van der Waals surface area contributed by atoms with Gasteiger partial charge < -0.3 is 14.8 Å². The SMILES string of the molecule is CCCCc1nnc(C)n1CCC(O)C(=O)O. The lowest BCUT2D eigenvalue weighted by molar-refractivity contribution is -0.147. The van der Waals surface area contributed by atoms with Crippen LogP contribution in [0.5, 0.6) is 0 Å². The highest BCUT2D eigenvalue weighted by molar-refractivity contribution is 5.71. The molecule has 0 amide bonds. The van der Waals surface area contributed by atoms with Crippen molar-refractivity contribution in [2.45, 2.75) is 52.2 Å². The topological polar surface area (TPSA) is 88.2 Å². The van der Waals surface area contributed by atoms with Crippen LogP contribution in [-0.2, 0) is 17.8 Å². The van der Waals surface area contributed by atoms with Crippen LogP contribution < -0.4 is 0 Å². The zero-order valence-corrected chi connectivity index (χ0v) is 10.3. The van der Waals surface area contributed by atoms with Gasteiger partial charge in [-0.3, -0.25) is 0 Å². The quantitative estimate of drug-likeness (QED) is 0.736. The van der Waals surface area contributed by atoms with Crippen LogP contribution in [0.4, 0.5) is 0 Å². The number of carboxylic acids is 1. The molecule has 0 aromatic carbocycles. The highest BCUT2D eigenvalue weighted by atomic mass is 16.4. The standard InChI is InChI=1S/C11H19N3O3/c1-3-4-5-10-13-12-8(2)14(10)7-6-9(15)11(16)17/h9,15H,3-7H2,1-2H3,(H,16,17). The third kappa shape index (κ3) is 3.81. The summed E-state index contributed by atoms with van der Waals surface area (Å²) < 4.78 is 1.88. The van der Waals surface area contributed by atoms with Crippen LogP contribution in [0.3, 0.4) is 0 Å². The average Bonchev–Trinajstić information content (AvgIpc) is 2.64. The third-order valence-electron chi connectivity index (χ3n) is 2.68. The molecule has 17 heavy (non-hydrogen) atoms. The maximum absolute atomic E-state index is 10.5. The Hall–Kier alpha value is -1.43. The van der Waals surface area contributed by atoms with Crippen LogP contribution in [0.1, 0.15) is 37.8 Å². The number of nitrogens with zero attached hydrogens (tertiary/aromatic N) is 3.